The van der Waals surface area contributed by atoms with E-state index in [-0.39, 0.29) is 11.6 Å². The Morgan fingerprint density at radius 3 is 1.21 bits per heavy atom. The summed E-state index contributed by atoms with van der Waals surface area (Å²) < 4.78 is 0. The number of carbonyl (C=O) groups excluding carboxylic acids is 2. The maximum Gasteiger partial charge on any atom is 0.154 e. The van der Waals surface area contributed by atoms with Gasteiger partial charge in [-0.3, -0.25) is 9.59 Å². The van der Waals surface area contributed by atoms with Gasteiger partial charge in [-0.1, -0.05) is 19.2 Å². The first-order chi connectivity index (χ1) is 6.33. The SMILES string of the molecule is C=C(C)C(C)=O.C=CC.C=CC(C)=O. The first-order valence-corrected chi connectivity index (χ1v) is 4.19. The standard InChI is InChI=1S/C5H8O.C4H6O.C3H6/c1-4(2)5(3)6;1-3-4(2)5;1-3-2/h1H2,2-3H3;3H,1H2,2H3;3H,1H2,2H3. The molecule has 0 aliphatic rings. The van der Waals surface area contributed by atoms with E-state index in [0.717, 1.165) is 0 Å². The lowest BCUT2D eigenvalue weighted by Crippen LogP contribution is -1.86. The Labute approximate surface area is 87.0 Å². The van der Waals surface area contributed by atoms with Crippen LogP contribution in [-0.2, 0) is 9.59 Å². The minimum atomic E-state index is 0.0185. The summed E-state index contributed by atoms with van der Waals surface area (Å²) >= 11 is 0. The van der Waals surface area contributed by atoms with E-state index in [2.05, 4.69) is 19.7 Å². The van der Waals surface area contributed by atoms with Crippen molar-refractivity contribution in [1.29, 1.82) is 0 Å². The van der Waals surface area contributed by atoms with Crippen LogP contribution in [0.3, 0.4) is 0 Å². The van der Waals surface area contributed by atoms with E-state index in [1.807, 2.05) is 6.92 Å². The van der Waals surface area contributed by atoms with E-state index in [4.69, 9.17) is 0 Å². The molecule has 0 fully saturated rings. The van der Waals surface area contributed by atoms with Gasteiger partial charge in [-0.2, -0.15) is 0 Å². The fourth-order valence-corrected chi connectivity index (χ4v) is 0. The molecule has 0 heterocycles. The number of rotatable bonds is 2. The first-order valence-electron chi connectivity index (χ1n) is 4.19. The van der Waals surface area contributed by atoms with E-state index in [9.17, 15) is 9.59 Å². The van der Waals surface area contributed by atoms with Crippen molar-refractivity contribution in [3.63, 3.8) is 0 Å². The maximum absolute atomic E-state index is 10.0. The monoisotopic (exact) mass is 196 g/mol. The molecule has 0 aromatic heterocycles. The van der Waals surface area contributed by atoms with Crippen LogP contribution < -0.4 is 0 Å². The van der Waals surface area contributed by atoms with Crippen molar-refractivity contribution in [2.75, 3.05) is 0 Å². The molecule has 0 radical (unpaired) electrons. The largest absolute Gasteiger partial charge is 0.295 e. The molecule has 14 heavy (non-hydrogen) atoms. The highest BCUT2D eigenvalue weighted by atomic mass is 16.1. The molecule has 80 valence electrons. The number of allylic oxidation sites excluding steroid dienone is 3. The number of Topliss-reactive ketones (excluding diaryl/α,β-unsaturated/α-hetero) is 1. The number of carbonyl (C=O) groups is 2. The molecule has 0 saturated heterocycles. The summed E-state index contributed by atoms with van der Waals surface area (Å²) in [5.41, 5.74) is 0.620. The van der Waals surface area contributed by atoms with Gasteiger partial charge in [0.25, 0.3) is 0 Å². The molecule has 0 bridgehead atoms. The van der Waals surface area contributed by atoms with Crippen molar-refractivity contribution < 1.29 is 9.59 Å². The van der Waals surface area contributed by atoms with Crippen molar-refractivity contribution in [2.45, 2.75) is 27.7 Å². The quantitative estimate of drug-likeness (QED) is 0.502. The lowest BCUT2D eigenvalue weighted by Gasteiger charge is -1.80. The summed E-state index contributed by atoms with van der Waals surface area (Å²) in [5, 5.41) is 0. The molecule has 0 N–H and O–H groups in total. The van der Waals surface area contributed by atoms with Gasteiger partial charge in [0.2, 0.25) is 0 Å². The van der Waals surface area contributed by atoms with Gasteiger partial charge in [0.1, 0.15) is 0 Å². The zero-order valence-corrected chi connectivity index (χ0v) is 9.59. The highest BCUT2D eigenvalue weighted by molar-refractivity contribution is 5.91. The molecule has 0 unspecified atom stereocenters. The molecule has 2 heteroatoms. The molecule has 2 nitrogen and oxygen atoms in total. The predicted octanol–water partition coefficient (Wildman–Crippen LogP) is 3.11. The minimum absolute atomic E-state index is 0.0185. The van der Waals surface area contributed by atoms with E-state index in [1.165, 1.54) is 19.9 Å². The van der Waals surface area contributed by atoms with Crippen molar-refractivity contribution >= 4 is 11.6 Å². The zero-order valence-electron chi connectivity index (χ0n) is 9.59. The van der Waals surface area contributed by atoms with Crippen LogP contribution in [0.2, 0.25) is 0 Å². The van der Waals surface area contributed by atoms with Gasteiger partial charge in [-0.25, -0.2) is 0 Å². The molecule has 0 aromatic carbocycles. The number of hydrogen-bond donors (Lipinski definition) is 0. The third kappa shape index (κ3) is 46.4. The lowest BCUT2D eigenvalue weighted by atomic mass is 10.3. The van der Waals surface area contributed by atoms with Gasteiger partial charge in [-0.05, 0) is 39.3 Å². The van der Waals surface area contributed by atoms with Gasteiger partial charge in [0.05, 0.1) is 0 Å². The highest BCUT2D eigenvalue weighted by Gasteiger charge is 1.85. The lowest BCUT2D eigenvalue weighted by molar-refractivity contribution is -0.114. The average molecular weight is 196 g/mol. The van der Waals surface area contributed by atoms with Gasteiger partial charge < -0.3 is 0 Å². The van der Waals surface area contributed by atoms with E-state index in [1.54, 1.807) is 13.0 Å². The Hall–Kier alpha value is -1.44. The molecule has 0 rings (SSSR count). The zero-order chi connectivity index (χ0) is 12.1. The Balaban J connectivity index is -0.000000138. The third-order valence-electron chi connectivity index (χ3n) is 0.888. The Bertz CT molecular complexity index is 200. The predicted molar refractivity (Wildman–Crippen MR) is 62.2 cm³/mol. The summed E-state index contributed by atoms with van der Waals surface area (Å²) in [6.45, 7) is 16.5. The summed E-state index contributed by atoms with van der Waals surface area (Å²) in [6.07, 6.45) is 3.03. The van der Waals surface area contributed by atoms with Crippen molar-refractivity contribution in [3.05, 3.63) is 37.5 Å². The Morgan fingerprint density at radius 2 is 1.21 bits per heavy atom. The molecule has 0 aliphatic heterocycles. The van der Waals surface area contributed by atoms with Crippen LogP contribution in [0.4, 0.5) is 0 Å². The molecule has 0 aliphatic carbocycles. The topological polar surface area (TPSA) is 34.1 Å². The van der Waals surface area contributed by atoms with Crippen molar-refractivity contribution in [1.82, 2.24) is 0 Å². The fourth-order valence-electron chi connectivity index (χ4n) is 0. The van der Waals surface area contributed by atoms with Gasteiger partial charge in [-0.15, -0.1) is 6.58 Å². The van der Waals surface area contributed by atoms with Crippen LogP contribution in [0.15, 0.2) is 37.5 Å². The van der Waals surface area contributed by atoms with Gasteiger partial charge in [0.15, 0.2) is 11.6 Å². The van der Waals surface area contributed by atoms with Crippen LogP contribution in [0, 0.1) is 0 Å². The average Bonchev–Trinajstić information content (AvgIpc) is 2.06. The molecule has 0 amide bonds. The number of hydrogen-bond acceptors (Lipinski definition) is 2. The second-order valence-corrected chi connectivity index (χ2v) is 2.56. The molecular weight excluding hydrogens is 176 g/mol. The van der Waals surface area contributed by atoms with E-state index >= 15 is 0 Å². The second-order valence-electron chi connectivity index (χ2n) is 2.56. The Kier molecular flexibility index (Phi) is 18.5. The normalized spacial score (nSPS) is 6.57. The maximum atomic E-state index is 10.0. The second kappa shape index (κ2) is 14.1. The highest BCUT2D eigenvalue weighted by Crippen LogP contribution is 1.84. The number of ketones is 2. The van der Waals surface area contributed by atoms with E-state index in [0.29, 0.717) is 5.57 Å². The summed E-state index contributed by atoms with van der Waals surface area (Å²) in [7, 11) is 0. The van der Waals surface area contributed by atoms with Crippen LogP contribution in [0.5, 0.6) is 0 Å². The van der Waals surface area contributed by atoms with Crippen molar-refractivity contribution in [2.24, 2.45) is 0 Å². The molecule has 0 spiro atoms. The Morgan fingerprint density at radius 1 is 1.07 bits per heavy atom. The van der Waals surface area contributed by atoms with Crippen LogP contribution in [-0.4, -0.2) is 11.6 Å². The van der Waals surface area contributed by atoms with Gasteiger partial charge in [0, 0.05) is 0 Å². The fraction of sp³-hybridized carbons (Fsp3) is 0.333. The van der Waals surface area contributed by atoms with Crippen LogP contribution in [0.1, 0.15) is 27.7 Å². The molecule has 0 atom stereocenters. The summed E-state index contributed by atoms with van der Waals surface area (Å²) in [5.74, 6) is 0.0833. The van der Waals surface area contributed by atoms with E-state index < -0.39 is 0 Å². The summed E-state index contributed by atoms with van der Waals surface area (Å²) in [4.78, 5) is 19.7. The van der Waals surface area contributed by atoms with Crippen molar-refractivity contribution in [3.8, 4) is 0 Å². The smallest absolute Gasteiger partial charge is 0.154 e. The third-order valence-corrected chi connectivity index (χ3v) is 0.888. The molecule has 0 saturated carbocycles. The van der Waals surface area contributed by atoms with Crippen LogP contribution >= 0.6 is 0 Å². The molecule has 0 aromatic rings. The minimum Gasteiger partial charge on any atom is -0.295 e. The van der Waals surface area contributed by atoms with Crippen LogP contribution in [0.25, 0.3) is 0 Å². The van der Waals surface area contributed by atoms with Gasteiger partial charge >= 0.3 is 0 Å². The molecular formula is C12H20O2. The first kappa shape index (κ1) is 18.4. The summed E-state index contributed by atoms with van der Waals surface area (Å²) in [6, 6.07) is 0.